The Bertz CT molecular complexity index is 7040. The Morgan fingerprint density at radius 2 is 0.527 bits per heavy atom. The minimum Gasteiger partial charge on any atom is -0.277 e. The van der Waals surface area contributed by atoms with Gasteiger partial charge in [0.25, 0.3) is 0 Å². The second kappa shape index (κ2) is 25.3. The van der Waals surface area contributed by atoms with E-state index in [0.29, 0.717) is 35.1 Å². The Morgan fingerprint density at radius 3 is 1.14 bits per heavy atom. The number of aromatic nitrogens is 7. The number of hydrogen-bond donors (Lipinski definition) is 0. The summed E-state index contributed by atoms with van der Waals surface area (Å²) in [7, 11) is 0. The van der Waals surface area contributed by atoms with E-state index in [1.807, 2.05) is 36.4 Å². The van der Waals surface area contributed by atoms with E-state index in [-0.39, 0.29) is 0 Å². The van der Waals surface area contributed by atoms with Crippen molar-refractivity contribution < 1.29 is 0 Å². The van der Waals surface area contributed by atoms with Crippen LogP contribution >= 0.6 is 0 Å². The van der Waals surface area contributed by atoms with Gasteiger partial charge in [0.2, 0.25) is 5.95 Å². The second-order valence-electron chi connectivity index (χ2n) is 28.7. The van der Waals surface area contributed by atoms with Crippen LogP contribution in [0, 0.1) is 0 Å². The van der Waals surface area contributed by atoms with E-state index in [4.69, 9.17) is 29.9 Å². The average molecular weight is 1400 g/mol. The molecule has 0 saturated heterocycles. The smallest absolute Gasteiger partial charge is 0.238 e. The average Bonchev–Trinajstić information content (AvgIpc) is 1.49. The molecule has 110 heavy (non-hydrogen) atoms. The summed E-state index contributed by atoms with van der Waals surface area (Å²) in [5, 5.41) is 9.81. The predicted molar refractivity (Wildman–Crippen MR) is 451 cm³/mol. The lowest BCUT2D eigenvalue weighted by atomic mass is 9.70. The zero-order valence-electron chi connectivity index (χ0n) is 59.5. The summed E-state index contributed by atoms with van der Waals surface area (Å²) in [6.45, 7) is 0. The maximum Gasteiger partial charge on any atom is 0.238 e. The maximum atomic E-state index is 5.67. The summed E-state index contributed by atoms with van der Waals surface area (Å²) in [5.41, 5.74) is 26.4. The molecular formula is C103H63N7. The summed E-state index contributed by atoms with van der Waals surface area (Å²) in [6, 6.07) is 138. The Balaban J connectivity index is 0.668. The Labute approximate surface area is 635 Å². The van der Waals surface area contributed by atoms with Gasteiger partial charge >= 0.3 is 0 Å². The molecule has 1 unspecified atom stereocenters. The monoisotopic (exact) mass is 1400 g/mol. The summed E-state index contributed by atoms with van der Waals surface area (Å²) < 4.78 is 2.32. The molecule has 3 aromatic heterocycles. The largest absolute Gasteiger partial charge is 0.277 e. The van der Waals surface area contributed by atoms with Crippen LogP contribution in [0.3, 0.4) is 0 Å². The third-order valence-electron chi connectivity index (χ3n) is 22.7. The van der Waals surface area contributed by atoms with Crippen molar-refractivity contribution in [2.75, 3.05) is 0 Å². The molecule has 7 heteroatoms. The minimum atomic E-state index is -0.721. The molecule has 0 amide bonds. The van der Waals surface area contributed by atoms with Crippen molar-refractivity contribution in [3.05, 3.63) is 404 Å². The van der Waals surface area contributed by atoms with Crippen LogP contribution in [0.4, 0.5) is 0 Å². The Morgan fingerprint density at radius 1 is 0.182 bits per heavy atom. The van der Waals surface area contributed by atoms with Crippen molar-refractivity contribution in [3.8, 4) is 141 Å². The van der Waals surface area contributed by atoms with Crippen LogP contribution < -0.4 is 0 Å². The lowest BCUT2D eigenvalue weighted by Gasteiger charge is -2.30. The molecule has 1 atom stereocenters. The van der Waals surface area contributed by atoms with E-state index in [1.165, 1.54) is 71.3 Å². The number of hydrogen-bond acceptors (Lipinski definition) is 6. The van der Waals surface area contributed by atoms with Crippen molar-refractivity contribution in [1.82, 2.24) is 34.5 Å². The van der Waals surface area contributed by atoms with Crippen molar-refractivity contribution >= 4 is 54.1 Å². The van der Waals surface area contributed by atoms with E-state index in [0.717, 1.165) is 111 Å². The molecule has 17 aromatic carbocycles. The first-order chi connectivity index (χ1) is 54.5. The first-order valence-electron chi connectivity index (χ1n) is 37.5. The van der Waals surface area contributed by atoms with E-state index in [1.54, 1.807) is 0 Å². The zero-order valence-corrected chi connectivity index (χ0v) is 59.5. The standard InChI is InChI=1S/C103H63N7/c1-5-26-64(27-6-1)75-60-76(65-28-7-2-8-29-65)62-77(61-75)101-107-99(68-32-11-4-12-33-68)108-102(109-101)110-93-49-22-19-42-84(93)85-56-57-92-95(96(85)110)87-44-18-21-47-90(87)103(92)89-46-20-17-43-86(89)94-78(45-25-48-91(94)103)73-36-24-37-74(59-73)100-105-97(67-30-9-3-10-31-67)104-98(106-100)69-52-50-66(51-53-69)70-34-23-35-71(58-70)72-54-55-83-81-40-14-13-38-79(81)80-39-15-16-41-82(80)88(83)63-72/h1-63H. The SMILES string of the molecule is c1ccc(-c2cc(-c3ccccc3)cc(-c3nc(-c4ccccc4)nc(-n4c5ccccc5c5ccc6c(c54)-c4ccccc4C64c5ccccc5-c5c(-c6cccc(-c7nc(-c8ccccc8)nc(-c8ccc(-c9cccc(-c%10ccc%11c%12ccccc%12c%12ccccc%12c%11c%10)c9)cc8)n7)c6)cccc54)n3)c2)cc1. The van der Waals surface area contributed by atoms with Crippen molar-refractivity contribution in [1.29, 1.82) is 0 Å². The molecule has 0 radical (unpaired) electrons. The van der Waals surface area contributed by atoms with Gasteiger partial charge in [-0.3, -0.25) is 4.57 Å². The van der Waals surface area contributed by atoms with E-state index >= 15 is 0 Å². The van der Waals surface area contributed by atoms with Crippen LogP contribution in [0.1, 0.15) is 22.3 Å². The van der Waals surface area contributed by atoms with Crippen LogP contribution in [-0.4, -0.2) is 34.5 Å². The maximum absolute atomic E-state index is 5.67. The predicted octanol–water partition coefficient (Wildman–Crippen LogP) is 25.6. The van der Waals surface area contributed by atoms with Crippen LogP contribution in [0.15, 0.2) is 382 Å². The molecule has 0 fully saturated rings. The molecule has 2 aliphatic rings. The summed E-state index contributed by atoms with van der Waals surface area (Å²) >= 11 is 0. The van der Waals surface area contributed by atoms with Crippen LogP contribution in [-0.2, 0) is 5.41 Å². The number of fused-ring (bicyclic) bond motifs is 20. The Kier molecular flexibility index (Phi) is 14.4. The molecule has 0 saturated carbocycles. The number of nitrogens with zero attached hydrogens (tertiary/aromatic N) is 7. The first-order valence-corrected chi connectivity index (χ1v) is 37.5. The number of para-hydroxylation sites is 1. The Hall–Kier alpha value is -14.7. The molecule has 510 valence electrons. The van der Waals surface area contributed by atoms with Crippen molar-refractivity contribution in [3.63, 3.8) is 0 Å². The molecule has 2 aliphatic carbocycles. The minimum absolute atomic E-state index is 0.533. The topological polar surface area (TPSA) is 82.3 Å². The normalized spacial score (nSPS) is 13.3. The van der Waals surface area contributed by atoms with Gasteiger partial charge in [-0.2, -0.15) is 9.97 Å². The molecule has 7 nitrogen and oxygen atoms in total. The zero-order chi connectivity index (χ0) is 72.4. The van der Waals surface area contributed by atoms with Gasteiger partial charge in [-0.05, 0) is 169 Å². The molecule has 1 spiro atoms. The van der Waals surface area contributed by atoms with Gasteiger partial charge in [-0.1, -0.05) is 340 Å². The van der Waals surface area contributed by atoms with Crippen LogP contribution in [0.25, 0.3) is 195 Å². The fraction of sp³-hybridized carbons (Fsp3) is 0.00971. The highest BCUT2D eigenvalue weighted by molar-refractivity contribution is 6.26. The van der Waals surface area contributed by atoms with Gasteiger partial charge in [-0.15, -0.1) is 0 Å². The van der Waals surface area contributed by atoms with Gasteiger partial charge in [-0.25, -0.2) is 19.9 Å². The van der Waals surface area contributed by atoms with Crippen LogP contribution in [0.5, 0.6) is 0 Å². The van der Waals surface area contributed by atoms with Gasteiger partial charge in [0.15, 0.2) is 29.1 Å². The lowest BCUT2D eigenvalue weighted by Crippen LogP contribution is -2.25. The molecule has 20 aromatic rings. The van der Waals surface area contributed by atoms with Gasteiger partial charge in [0.05, 0.1) is 16.4 Å². The fourth-order valence-electron chi connectivity index (χ4n) is 17.8. The van der Waals surface area contributed by atoms with Gasteiger partial charge in [0, 0.05) is 44.2 Å². The second-order valence-corrected chi connectivity index (χ2v) is 28.7. The molecule has 0 aliphatic heterocycles. The van der Waals surface area contributed by atoms with Gasteiger partial charge < -0.3 is 0 Å². The van der Waals surface area contributed by atoms with Crippen molar-refractivity contribution in [2.45, 2.75) is 5.41 Å². The number of rotatable bonds is 11. The highest BCUT2D eigenvalue weighted by atomic mass is 15.2. The summed E-state index contributed by atoms with van der Waals surface area (Å²) in [5.74, 6) is 3.48. The molecule has 0 N–H and O–H groups in total. The first kappa shape index (κ1) is 62.7. The van der Waals surface area contributed by atoms with E-state index in [2.05, 4.69) is 350 Å². The van der Waals surface area contributed by atoms with E-state index < -0.39 is 5.41 Å². The van der Waals surface area contributed by atoms with Crippen LogP contribution in [0.2, 0.25) is 0 Å². The third-order valence-corrected chi connectivity index (χ3v) is 22.7. The molecule has 22 rings (SSSR count). The number of benzene rings is 17. The third kappa shape index (κ3) is 9.98. The van der Waals surface area contributed by atoms with Crippen molar-refractivity contribution in [2.24, 2.45) is 0 Å². The highest BCUT2D eigenvalue weighted by Gasteiger charge is 2.53. The van der Waals surface area contributed by atoms with E-state index in [9.17, 15) is 0 Å². The molecule has 0 bridgehead atoms. The molecular weight excluding hydrogens is 1340 g/mol. The van der Waals surface area contributed by atoms with Gasteiger partial charge in [0.1, 0.15) is 0 Å². The fourth-order valence-corrected chi connectivity index (χ4v) is 17.8. The lowest BCUT2D eigenvalue weighted by molar-refractivity contribution is 0.794. The summed E-state index contributed by atoms with van der Waals surface area (Å²) in [4.78, 5) is 32.5. The summed E-state index contributed by atoms with van der Waals surface area (Å²) in [6.07, 6.45) is 0. The molecule has 3 heterocycles. The highest BCUT2D eigenvalue weighted by Crippen LogP contribution is 2.65. The quantitative estimate of drug-likeness (QED) is 0.120.